The summed E-state index contributed by atoms with van der Waals surface area (Å²) in [6.45, 7) is 1.25. The summed E-state index contributed by atoms with van der Waals surface area (Å²) >= 11 is 0. The summed E-state index contributed by atoms with van der Waals surface area (Å²) in [5, 5.41) is 8.84. The number of pyridine rings is 1. The summed E-state index contributed by atoms with van der Waals surface area (Å²) in [5.74, 6) is -1.52. The lowest BCUT2D eigenvalue weighted by molar-refractivity contribution is -0.121. The third-order valence-corrected chi connectivity index (χ3v) is 2.92. The Morgan fingerprint density at radius 2 is 2.29 bits per heavy atom. The van der Waals surface area contributed by atoms with Crippen LogP contribution in [0.2, 0.25) is 0 Å². The van der Waals surface area contributed by atoms with E-state index in [2.05, 4.69) is 4.98 Å². The molecule has 1 aliphatic rings. The highest BCUT2D eigenvalue weighted by atomic mass is 16.4. The van der Waals surface area contributed by atoms with Gasteiger partial charge in [-0.05, 0) is 18.6 Å². The zero-order valence-electron chi connectivity index (χ0n) is 9.17. The topological polar surface area (TPSA) is 96.5 Å². The number of aromatic nitrogens is 1. The molecule has 0 aromatic carbocycles. The van der Waals surface area contributed by atoms with Gasteiger partial charge in [-0.25, -0.2) is 9.78 Å². The Kier molecular flexibility index (Phi) is 2.95. The van der Waals surface area contributed by atoms with Crippen molar-refractivity contribution in [2.75, 3.05) is 18.0 Å². The minimum absolute atomic E-state index is 0.00465. The summed E-state index contributed by atoms with van der Waals surface area (Å²) in [5.41, 5.74) is 6.01. The van der Waals surface area contributed by atoms with Gasteiger partial charge in [-0.2, -0.15) is 0 Å². The number of carbonyl (C=O) groups excluding carboxylic acids is 1. The first-order valence-corrected chi connectivity index (χ1v) is 5.31. The highest BCUT2D eigenvalue weighted by molar-refractivity contribution is 5.86. The molecule has 2 rings (SSSR count). The van der Waals surface area contributed by atoms with E-state index in [1.54, 1.807) is 6.07 Å². The van der Waals surface area contributed by atoms with Gasteiger partial charge in [0.05, 0.1) is 5.92 Å². The fourth-order valence-corrected chi connectivity index (χ4v) is 1.96. The lowest BCUT2D eigenvalue weighted by atomic mass is 10.1. The number of carboxylic acids is 1. The number of aromatic carboxylic acids is 1. The van der Waals surface area contributed by atoms with Crippen LogP contribution in [-0.2, 0) is 4.79 Å². The fraction of sp³-hybridized carbons (Fsp3) is 0.364. The van der Waals surface area contributed by atoms with Crippen molar-refractivity contribution in [1.82, 2.24) is 4.98 Å². The van der Waals surface area contributed by atoms with Crippen LogP contribution in [0, 0.1) is 5.92 Å². The van der Waals surface area contributed by atoms with Gasteiger partial charge in [0.15, 0.2) is 0 Å². The monoisotopic (exact) mass is 235 g/mol. The quantitative estimate of drug-likeness (QED) is 0.774. The van der Waals surface area contributed by atoms with E-state index < -0.39 is 5.97 Å². The second kappa shape index (κ2) is 4.40. The SMILES string of the molecule is NC(=O)C1CCN(c2ccnc(C(=O)O)c2)C1. The van der Waals surface area contributed by atoms with Crippen LogP contribution >= 0.6 is 0 Å². The van der Waals surface area contributed by atoms with E-state index in [9.17, 15) is 9.59 Å². The van der Waals surface area contributed by atoms with E-state index in [1.165, 1.54) is 12.3 Å². The number of carbonyl (C=O) groups is 2. The Morgan fingerprint density at radius 3 is 2.88 bits per heavy atom. The number of nitrogens with zero attached hydrogens (tertiary/aromatic N) is 2. The molecule has 0 bridgehead atoms. The molecule has 1 unspecified atom stereocenters. The van der Waals surface area contributed by atoms with Gasteiger partial charge in [0, 0.05) is 25.0 Å². The molecule has 3 N–H and O–H groups in total. The predicted octanol–water partition coefficient (Wildman–Crippen LogP) is 0.0914. The van der Waals surface area contributed by atoms with Gasteiger partial charge in [0.1, 0.15) is 5.69 Å². The standard InChI is InChI=1S/C11H13N3O3/c12-10(15)7-2-4-14(6-7)8-1-3-13-9(5-8)11(16)17/h1,3,5,7H,2,4,6H2,(H2,12,15)(H,16,17). The van der Waals surface area contributed by atoms with E-state index in [4.69, 9.17) is 10.8 Å². The van der Waals surface area contributed by atoms with E-state index in [0.717, 1.165) is 5.69 Å². The number of nitrogens with two attached hydrogens (primary N) is 1. The van der Waals surface area contributed by atoms with Gasteiger partial charge in [0.2, 0.25) is 5.91 Å². The van der Waals surface area contributed by atoms with Crippen molar-refractivity contribution in [2.45, 2.75) is 6.42 Å². The smallest absolute Gasteiger partial charge is 0.354 e. The Hall–Kier alpha value is -2.11. The third-order valence-electron chi connectivity index (χ3n) is 2.92. The lowest BCUT2D eigenvalue weighted by Crippen LogP contribution is -2.27. The van der Waals surface area contributed by atoms with Crippen LogP contribution < -0.4 is 10.6 Å². The van der Waals surface area contributed by atoms with Crippen molar-refractivity contribution in [3.63, 3.8) is 0 Å². The Labute approximate surface area is 98.1 Å². The first-order chi connectivity index (χ1) is 8.08. The number of rotatable bonds is 3. The van der Waals surface area contributed by atoms with Crippen LogP contribution in [0.3, 0.4) is 0 Å². The van der Waals surface area contributed by atoms with Crippen molar-refractivity contribution < 1.29 is 14.7 Å². The number of anilines is 1. The minimum Gasteiger partial charge on any atom is -0.477 e. The molecule has 0 saturated carbocycles. The van der Waals surface area contributed by atoms with Crippen LogP contribution in [0.15, 0.2) is 18.3 Å². The van der Waals surface area contributed by atoms with Crippen molar-refractivity contribution in [2.24, 2.45) is 11.7 Å². The van der Waals surface area contributed by atoms with Gasteiger partial charge in [-0.1, -0.05) is 0 Å². The molecule has 1 aromatic rings. The zero-order valence-corrected chi connectivity index (χ0v) is 9.17. The maximum atomic E-state index is 11.0. The minimum atomic E-state index is -1.06. The number of hydrogen-bond acceptors (Lipinski definition) is 4. The zero-order chi connectivity index (χ0) is 12.4. The number of carboxylic acid groups (broad SMARTS) is 1. The van der Waals surface area contributed by atoms with Crippen LogP contribution in [0.1, 0.15) is 16.9 Å². The molecule has 0 aliphatic carbocycles. The molecule has 1 saturated heterocycles. The van der Waals surface area contributed by atoms with Crippen LogP contribution in [0.25, 0.3) is 0 Å². The molecule has 90 valence electrons. The van der Waals surface area contributed by atoms with Crippen molar-refractivity contribution >= 4 is 17.6 Å². The van der Waals surface area contributed by atoms with Crippen LogP contribution in [0.4, 0.5) is 5.69 Å². The Bertz CT molecular complexity index is 461. The number of primary amides is 1. The first-order valence-electron chi connectivity index (χ1n) is 5.31. The van der Waals surface area contributed by atoms with E-state index in [0.29, 0.717) is 19.5 Å². The molecular formula is C11H13N3O3. The molecule has 0 radical (unpaired) electrons. The van der Waals surface area contributed by atoms with Crippen molar-refractivity contribution in [3.8, 4) is 0 Å². The third kappa shape index (κ3) is 2.35. The lowest BCUT2D eigenvalue weighted by Gasteiger charge is -2.18. The van der Waals surface area contributed by atoms with Gasteiger partial charge < -0.3 is 15.7 Å². The molecule has 1 aliphatic heterocycles. The molecule has 1 aromatic heterocycles. The molecule has 0 spiro atoms. The predicted molar refractivity (Wildman–Crippen MR) is 60.7 cm³/mol. The average molecular weight is 235 g/mol. The molecule has 1 atom stereocenters. The van der Waals surface area contributed by atoms with E-state index in [1.807, 2.05) is 4.90 Å². The summed E-state index contributed by atoms with van der Waals surface area (Å²) in [6, 6.07) is 3.24. The van der Waals surface area contributed by atoms with Gasteiger partial charge in [0.25, 0.3) is 0 Å². The average Bonchev–Trinajstić information content (AvgIpc) is 2.78. The molecule has 2 heterocycles. The number of hydrogen-bond donors (Lipinski definition) is 2. The molecular weight excluding hydrogens is 222 g/mol. The Balaban J connectivity index is 2.16. The van der Waals surface area contributed by atoms with Gasteiger partial charge in [-0.15, -0.1) is 0 Å². The second-order valence-corrected chi connectivity index (χ2v) is 4.04. The van der Waals surface area contributed by atoms with Crippen LogP contribution in [-0.4, -0.2) is 35.1 Å². The van der Waals surface area contributed by atoms with Crippen LogP contribution in [0.5, 0.6) is 0 Å². The highest BCUT2D eigenvalue weighted by Gasteiger charge is 2.27. The molecule has 17 heavy (non-hydrogen) atoms. The fourth-order valence-electron chi connectivity index (χ4n) is 1.96. The molecule has 6 heteroatoms. The summed E-state index contributed by atoms with van der Waals surface area (Å²) in [7, 11) is 0. The summed E-state index contributed by atoms with van der Waals surface area (Å²) in [6.07, 6.45) is 2.16. The van der Waals surface area contributed by atoms with Gasteiger partial charge in [-0.3, -0.25) is 4.79 Å². The highest BCUT2D eigenvalue weighted by Crippen LogP contribution is 2.23. The number of amides is 1. The summed E-state index contributed by atoms with van der Waals surface area (Å²) in [4.78, 5) is 27.5. The largest absolute Gasteiger partial charge is 0.477 e. The van der Waals surface area contributed by atoms with E-state index in [-0.39, 0.29) is 17.5 Å². The Morgan fingerprint density at radius 1 is 1.53 bits per heavy atom. The van der Waals surface area contributed by atoms with Crippen molar-refractivity contribution in [1.29, 1.82) is 0 Å². The maximum Gasteiger partial charge on any atom is 0.354 e. The summed E-state index contributed by atoms with van der Waals surface area (Å²) < 4.78 is 0. The molecule has 1 amide bonds. The molecule has 6 nitrogen and oxygen atoms in total. The normalized spacial score (nSPS) is 19.3. The maximum absolute atomic E-state index is 11.0. The van der Waals surface area contributed by atoms with E-state index >= 15 is 0 Å². The molecule has 1 fully saturated rings. The van der Waals surface area contributed by atoms with Crippen molar-refractivity contribution in [3.05, 3.63) is 24.0 Å². The van der Waals surface area contributed by atoms with Gasteiger partial charge >= 0.3 is 5.97 Å². The second-order valence-electron chi connectivity index (χ2n) is 4.04. The first kappa shape index (κ1) is 11.4.